The van der Waals surface area contributed by atoms with E-state index in [-0.39, 0.29) is 11.9 Å². The second-order valence-corrected chi connectivity index (χ2v) is 9.50. The van der Waals surface area contributed by atoms with Gasteiger partial charge in [-0.25, -0.2) is 9.78 Å². The van der Waals surface area contributed by atoms with Crippen molar-refractivity contribution in [3.05, 3.63) is 63.5 Å². The zero-order chi connectivity index (χ0) is 23.5. The number of anilines is 1. The average Bonchev–Trinajstić information content (AvgIpc) is 3.17. The Bertz CT molecular complexity index is 1170. The van der Waals surface area contributed by atoms with Crippen molar-refractivity contribution >= 4 is 28.9 Å². The molecule has 1 aliphatic heterocycles. The first-order valence-electron chi connectivity index (χ1n) is 11.2. The molecule has 1 unspecified atom stereocenters. The number of benzene rings is 2. The molecule has 4 rings (SSSR count). The molecule has 1 aliphatic rings. The molecule has 3 aromatic rings. The highest BCUT2D eigenvalue weighted by atomic mass is 32.1. The smallest absolute Gasteiger partial charge is 0.338 e. The Hall–Kier alpha value is -3.19. The van der Waals surface area contributed by atoms with Crippen molar-refractivity contribution in [3.8, 4) is 17.0 Å². The van der Waals surface area contributed by atoms with Gasteiger partial charge in [0, 0.05) is 10.4 Å². The SMILES string of the molecule is CCCOC(=O)c1ccc(CN2C(=O)C(CC)Oc3ccc(-c4nc(C)sc4C)cc32)cc1. The topological polar surface area (TPSA) is 68.7 Å². The molecule has 33 heavy (non-hydrogen) atoms. The lowest BCUT2D eigenvalue weighted by Crippen LogP contribution is -2.45. The van der Waals surface area contributed by atoms with E-state index in [1.807, 2.05) is 51.1 Å². The van der Waals surface area contributed by atoms with E-state index in [1.165, 1.54) is 0 Å². The number of fused-ring (bicyclic) bond motifs is 1. The number of thiazole rings is 1. The predicted molar refractivity (Wildman–Crippen MR) is 130 cm³/mol. The molecular weight excluding hydrogens is 436 g/mol. The van der Waals surface area contributed by atoms with Gasteiger partial charge < -0.3 is 14.4 Å². The predicted octanol–water partition coefficient (Wildman–Crippen LogP) is 5.70. The Morgan fingerprint density at radius 2 is 1.91 bits per heavy atom. The fourth-order valence-corrected chi connectivity index (χ4v) is 4.74. The molecule has 0 saturated heterocycles. The Kier molecular flexibility index (Phi) is 6.79. The zero-order valence-electron chi connectivity index (χ0n) is 19.4. The van der Waals surface area contributed by atoms with Crippen LogP contribution in [0, 0.1) is 13.8 Å². The van der Waals surface area contributed by atoms with Crippen LogP contribution in [0.4, 0.5) is 5.69 Å². The van der Waals surface area contributed by atoms with Crippen LogP contribution in [0.1, 0.15) is 52.5 Å². The molecule has 2 aromatic carbocycles. The number of aromatic nitrogens is 1. The number of ether oxygens (including phenoxy) is 2. The van der Waals surface area contributed by atoms with E-state index in [1.54, 1.807) is 28.4 Å². The summed E-state index contributed by atoms with van der Waals surface area (Å²) in [6, 6.07) is 13.1. The number of hydrogen-bond donors (Lipinski definition) is 0. The normalized spacial score (nSPS) is 15.2. The van der Waals surface area contributed by atoms with Crippen LogP contribution < -0.4 is 9.64 Å². The quantitative estimate of drug-likeness (QED) is 0.420. The van der Waals surface area contributed by atoms with Gasteiger partial charge in [-0.1, -0.05) is 26.0 Å². The molecule has 1 amide bonds. The van der Waals surface area contributed by atoms with Gasteiger partial charge in [-0.3, -0.25) is 4.79 Å². The molecule has 1 atom stereocenters. The minimum Gasteiger partial charge on any atom is -0.478 e. The molecule has 0 N–H and O–H groups in total. The lowest BCUT2D eigenvalue weighted by Gasteiger charge is -2.34. The van der Waals surface area contributed by atoms with E-state index in [4.69, 9.17) is 9.47 Å². The summed E-state index contributed by atoms with van der Waals surface area (Å²) in [5.74, 6) is 0.287. The Labute approximate surface area is 198 Å². The molecule has 0 saturated carbocycles. The van der Waals surface area contributed by atoms with Crippen LogP contribution in [-0.4, -0.2) is 29.6 Å². The number of carbonyl (C=O) groups excluding carboxylic acids is 2. The fourth-order valence-electron chi connectivity index (χ4n) is 3.90. The van der Waals surface area contributed by atoms with E-state index >= 15 is 0 Å². The number of aryl methyl sites for hydroxylation is 2. The maximum atomic E-state index is 13.2. The summed E-state index contributed by atoms with van der Waals surface area (Å²) in [6.45, 7) is 8.73. The second kappa shape index (κ2) is 9.75. The maximum Gasteiger partial charge on any atom is 0.338 e. The molecular formula is C26H28N2O4S. The highest BCUT2D eigenvalue weighted by molar-refractivity contribution is 7.11. The van der Waals surface area contributed by atoms with E-state index in [9.17, 15) is 9.59 Å². The lowest BCUT2D eigenvalue weighted by atomic mass is 10.0. The molecule has 0 radical (unpaired) electrons. The van der Waals surface area contributed by atoms with Crippen LogP contribution in [0.2, 0.25) is 0 Å². The van der Waals surface area contributed by atoms with E-state index in [0.29, 0.717) is 30.9 Å². The Morgan fingerprint density at radius 3 is 2.55 bits per heavy atom. The number of hydrogen-bond acceptors (Lipinski definition) is 6. The molecule has 0 bridgehead atoms. The molecule has 7 heteroatoms. The summed E-state index contributed by atoms with van der Waals surface area (Å²) in [4.78, 5) is 32.9. The van der Waals surface area contributed by atoms with Crippen molar-refractivity contribution in [1.29, 1.82) is 0 Å². The van der Waals surface area contributed by atoms with Crippen LogP contribution in [0.15, 0.2) is 42.5 Å². The van der Waals surface area contributed by atoms with Crippen molar-refractivity contribution in [2.45, 2.75) is 53.2 Å². The van der Waals surface area contributed by atoms with Crippen molar-refractivity contribution < 1.29 is 19.1 Å². The van der Waals surface area contributed by atoms with Gasteiger partial charge in [0.05, 0.1) is 35.1 Å². The van der Waals surface area contributed by atoms with Gasteiger partial charge >= 0.3 is 5.97 Å². The average molecular weight is 465 g/mol. The number of esters is 1. The molecule has 0 spiro atoms. The van der Waals surface area contributed by atoms with E-state index < -0.39 is 6.10 Å². The minimum absolute atomic E-state index is 0.0697. The highest BCUT2D eigenvalue weighted by Crippen LogP contribution is 2.40. The monoisotopic (exact) mass is 464 g/mol. The van der Waals surface area contributed by atoms with Gasteiger partial charge in [-0.05, 0) is 62.6 Å². The van der Waals surface area contributed by atoms with E-state index in [0.717, 1.165) is 38.8 Å². The van der Waals surface area contributed by atoms with Gasteiger partial charge in [-0.15, -0.1) is 11.3 Å². The molecule has 0 aliphatic carbocycles. The van der Waals surface area contributed by atoms with Crippen molar-refractivity contribution in [1.82, 2.24) is 4.98 Å². The molecule has 2 heterocycles. The van der Waals surface area contributed by atoms with Crippen molar-refractivity contribution in [3.63, 3.8) is 0 Å². The first-order chi connectivity index (χ1) is 15.9. The third kappa shape index (κ3) is 4.78. The van der Waals surface area contributed by atoms with Gasteiger partial charge in [-0.2, -0.15) is 0 Å². The van der Waals surface area contributed by atoms with E-state index in [2.05, 4.69) is 11.9 Å². The zero-order valence-corrected chi connectivity index (χ0v) is 20.2. The van der Waals surface area contributed by atoms with Crippen LogP contribution >= 0.6 is 11.3 Å². The number of carbonyl (C=O) groups is 2. The molecule has 6 nitrogen and oxygen atoms in total. The number of amides is 1. The lowest BCUT2D eigenvalue weighted by molar-refractivity contribution is -0.126. The second-order valence-electron chi connectivity index (χ2n) is 8.09. The maximum absolute atomic E-state index is 13.2. The standard InChI is InChI=1S/C26H28N2O4S/c1-5-13-31-26(30)19-9-7-18(8-10-19)15-28-21-14-20(24-16(3)33-17(4)27-24)11-12-23(21)32-22(6-2)25(28)29/h7-12,14,22H,5-6,13,15H2,1-4H3. The summed E-state index contributed by atoms with van der Waals surface area (Å²) < 4.78 is 11.2. The summed E-state index contributed by atoms with van der Waals surface area (Å²) >= 11 is 1.66. The highest BCUT2D eigenvalue weighted by Gasteiger charge is 2.33. The third-order valence-electron chi connectivity index (χ3n) is 5.58. The Balaban J connectivity index is 1.65. The van der Waals surface area contributed by atoms with Crippen LogP contribution in [0.3, 0.4) is 0 Å². The number of rotatable bonds is 7. The fraction of sp³-hybridized carbons (Fsp3) is 0.346. The van der Waals surface area contributed by atoms with Crippen molar-refractivity contribution in [2.24, 2.45) is 0 Å². The van der Waals surface area contributed by atoms with Gasteiger partial charge in [0.2, 0.25) is 0 Å². The Morgan fingerprint density at radius 1 is 1.15 bits per heavy atom. The third-order valence-corrected chi connectivity index (χ3v) is 6.46. The summed E-state index contributed by atoms with van der Waals surface area (Å²) in [5, 5.41) is 1.01. The van der Waals surface area contributed by atoms with Crippen LogP contribution in [0.5, 0.6) is 5.75 Å². The summed E-state index contributed by atoms with van der Waals surface area (Å²) in [5.41, 5.74) is 4.05. The minimum atomic E-state index is -0.519. The number of nitrogens with zero attached hydrogens (tertiary/aromatic N) is 2. The molecule has 0 fully saturated rings. The van der Waals surface area contributed by atoms with Gasteiger partial charge in [0.1, 0.15) is 5.75 Å². The summed E-state index contributed by atoms with van der Waals surface area (Å²) in [7, 11) is 0. The molecule has 172 valence electrons. The first-order valence-corrected chi connectivity index (χ1v) is 12.1. The van der Waals surface area contributed by atoms with Gasteiger partial charge in [0.15, 0.2) is 6.10 Å². The van der Waals surface area contributed by atoms with Crippen LogP contribution in [-0.2, 0) is 16.1 Å². The summed E-state index contributed by atoms with van der Waals surface area (Å²) in [6.07, 6.45) is 0.849. The van der Waals surface area contributed by atoms with Gasteiger partial charge in [0.25, 0.3) is 5.91 Å². The van der Waals surface area contributed by atoms with Crippen molar-refractivity contribution in [2.75, 3.05) is 11.5 Å². The molecule has 1 aromatic heterocycles. The largest absolute Gasteiger partial charge is 0.478 e. The van der Waals surface area contributed by atoms with Crippen LogP contribution in [0.25, 0.3) is 11.3 Å². The first kappa shape index (κ1) is 23.0.